The Bertz CT molecular complexity index is 2670. The summed E-state index contributed by atoms with van der Waals surface area (Å²) in [7, 11) is 0. The summed E-state index contributed by atoms with van der Waals surface area (Å²) in [6.45, 7) is -0.689. The lowest BCUT2D eigenvalue weighted by molar-refractivity contribution is -0.393. The van der Waals surface area contributed by atoms with Crippen LogP contribution in [0.15, 0.2) is 98.8 Å². The third kappa shape index (κ3) is 16.3. The number of aliphatic hydroxyl groups excluding tert-OH is 1. The van der Waals surface area contributed by atoms with E-state index in [-0.39, 0.29) is 5.56 Å². The van der Waals surface area contributed by atoms with Crippen molar-refractivity contribution in [2.45, 2.75) is 36.9 Å². The second-order valence-electron chi connectivity index (χ2n) is 14.1. The molecule has 0 saturated heterocycles. The first-order chi connectivity index (χ1) is 33.8. The molecule has 0 bridgehead atoms. The molecule has 3 aromatic rings. The van der Waals surface area contributed by atoms with Crippen LogP contribution in [0.5, 0.6) is 0 Å². The molecule has 72 heavy (non-hydrogen) atoms. The predicted octanol–water partition coefficient (Wildman–Crippen LogP) is -6.76. The van der Waals surface area contributed by atoms with Crippen molar-refractivity contribution in [3.05, 3.63) is 116 Å². The van der Waals surface area contributed by atoms with Crippen molar-refractivity contribution in [1.82, 2.24) is 26.6 Å². The van der Waals surface area contributed by atoms with Crippen molar-refractivity contribution in [3.63, 3.8) is 0 Å². The van der Waals surface area contributed by atoms with Gasteiger partial charge in [-0.05, 0) is 11.1 Å². The van der Waals surface area contributed by atoms with E-state index in [1.54, 1.807) is 30.3 Å². The average Bonchev–Trinajstić information content (AvgIpc) is 3.30. The smallest absolute Gasteiger partial charge is 0.338 e. The Kier molecular flexibility index (Phi) is 19.7. The molecule has 0 aliphatic rings. The van der Waals surface area contributed by atoms with Crippen molar-refractivity contribution in [3.8, 4) is 0 Å². The Morgan fingerprint density at radius 1 is 0.597 bits per heavy atom. The van der Waals surface area contributed by atoms with Crippen molar-refractivity contribution in [1.29, 1.82) is 0 Å². The number of nitro groups is 2. The Balaban J connectivity index is 2.07. The number of rotatable bonds is 24. The van der Waals surface area contributed by atoms with E-state index in [9.17, 15) is 64.0 Å². The van der Waals surface area contributed by atoms with Crippen LogP contribution in [0.3, 0.4) is 0 Å². The number of carbonyl (C=O) groups is 7. The standard InChI is InChI=1S/C38H47N21O13/c39-23(60)24(53-35(40)41)49-29(62)26(55-37(44)45)51-31(64)27(56-38(46)47)52-30(63)25(54-36(42)43)50-28(61)21(17-11-5-2-6-12-17)48-32(65)33(66)57(13-7-10-16-8-3-1-4-9-16)22-19(34(67)68)14-18(58(69)70)15-20(22)59(71)72/h1-12,14-15,21,24-27,33,66H,13H2,(H2,39,60)(H,48,65)(H,49,62)(H,50,61)(H,51,64)(H,52,63)(H,67,68)(H4,40,41,53)(H4,42,43,54)(H4,44,45,55)(H4,46,47,56)/b10-7-. The van der Waals surface area contributed by atoms with Crippen LogP contribution in [0.25, 0.3) is 6.08 Å². The largest absolute Gasteiger partial charge is 0.478 e. The molecular formula is C38H47N21O13. The van der Waals surface area contributed by atoms with E-state index in [1.807, 2.05) is 16.0 Å². The number of benzene rings is 3. The first-order valence-electron chi connectivity index (χ1n) is 19.9. The number of carboxylic acids is 1. The number of nitro benzene ring substituents is 2. The van der Waals surface area contributed by atoms with Gasteiger partial charge in [0.05, 0.1) is 21.5 Å². The summed E-state index contributed by atoms with van der Waals surface area (Å²) < 4.78 is 0. The lowest BCUT2D eigenvalue weighted by Gasteiger charge is -2.30. The van der Waals surface area contributed by atoms with Crippen LogP contribution in [0.2, 0.25) is 0 Å². The molecule has 0 aliphatic carbocycles. The van der Waals surface area contributed by atoms with E-state index in [0.717, 1.165) is 0 Å². The number of carboxylic acid groups (broad SMARTS) is 1. The van der Waals surface area contributed by atoms with Gasteiger partial charge in [-0.25, -0.2) is 24.8 Å². The Labute approximate surface area is 403 Å². The molecule has 0 aliphatic heterocycles. The topological polar surface area (TPSA) is 593 Å². The zero-order valence-electron chi connectivity index (χ0n) is 37.0. The van der Waals surface area contributed by atoms with E-state index < -0.39 is 141 Å². The van der Waals surface area contributed by atoms with E-state index in [4.69, 9.17) is 51.6 Å². The number of nitrogens with zero attached hydrogens (tertiary/aromatic N) is 7. The summed E-state index contributed by atoms with van der Waals surface area (Å²) in [6, 6.07) is 14.0. The average molecular weight is 1010 g/mol. The van der Waals surface area contributed by atoms with Crippen molar-refractivity contribution in [2.24, 2.45) is 71.6 Å². The maximum Gasteiger partial charge on any atom is 0.338 e. The Morgan fingerprint density at radius 2 is 1.03 bits per heavy atom. The highest BCUT2D eigenvalue weighted by Gasteiger charge is 2.38. The summed E-state index contributed by atoms with van der Waals surface area (Å²) in [5.74, 6) is -13.7. The van der Waals surface area contributed by atoms with Gasteiger partial charge in [0.15, 0.2) is 23.8 Å². The molecule has 0 radical (unpaired) electrons. The number of nitrogens with one attached hydrogen (secondary N) is 5. The van der Waals surface area contributed by atoms with Gasteiger partial charge in [0.1, 0.15) is 11.7 Å². The van der Waals surface area contributed by atoms with Gasteiger partial charge in [0, 0.05) is 12.6 Å². The summed E-state index contributed by atoms with van der Waals surface area (Å²) >= 11 is 0. The van der Waals surface area contributed by atoms with Gasteiger partial charge >= 0.3 is 5.97 Å². The molecule has 0 saturated carbocycles. The minimum atomic E-state index is -2.64. The summed E-state index contributed by atoms with van der Waals surface area (Å²) in [5, 5.41) is 56.1. The molecule has 34 heteroatoms. The molecule has 6 unspecified atom stereocenters. The fraction of sp³-hybridized carbons (Fsp3) is 0.184. The first-order valence-corrected chi connectivity index (χ1v) is 19.9. The van der Waals surface area contributed by atoms with Gasteiger partial charge in [0.2, 0.25) is 36.8 Å². The van der Waals surface area contributed by atoms with Gasteiger partial charge in [-0.1, -0.05) is 72.8 Å². The number of hydrogen-bond acceptors (Lipinski definition) is 17. The molecule has 6 amide bonds. The third-order valence-electron chi connectivity index (χ3n) is 8.87. The van der Waals surface area contributed by atoms with Crippen LogP contribution in [0, 0.1) is 20.2 Å². The number of primary amides is 1. The first kappa shape index (κ1) is 55.7. The fourth-order valence-electron chi connectivity index (χ4n) is 5.89. The maximum absolute atomic E-state index is 14.2. The number of aliphatic imine (C=N–C) groups is 4. The minimum absolute atomic E-state index is 0.0808. The number of amides is 6. The predicted molar refractivity (Wildman–Crippen MR) is 253 cm³/mol. The number of nitrogens with two attached hydrogens (primary N) is 9. The van der Waals surface area contributed by atoms with Gasteiger partial charge in [-0.3, -0.25) is 49.0 Å². The monoisotopic (exact) mass is 1010 g/mol. The van der Waals surface area contributed by atoms with Crippen LogP contribution in [-0.2, 0) is 28.8 Å². The molecule has 382 valence electrons. The summed E-state index contributed by atoms with van der Waals surface area (Å²) in [5.41, 5.74) is 44.7. The number of aromatic carboxylic acids is 1. The van der Waals surface area contributed by atoms with E-state index in [2.05, 4.69) is 30.6 Å². The highest BCUT2D eigenvalue weighted by Crippen LogP contribution is 2.37. The zero-order chi connectivity index (χ0) is 54.0. The number of anilines is 1. The highest BCUT2D eigenvalue weighted by atomic mass is 16.6. The zero-order valence-corrected chi connectivity index (χ0v) is 37.0. The quantitative estimate of drug-likeness (QED) is 0.0130. The molecule has 0 fully saturated rings. The number of aliphatic hydroxyl groups is 1. The van der Waals surface area contributed by atoms with Gasteiger partial charge in [-0.2, -0.15) is 0 Å². The van der Waals surface area contributed by atoms with Gasteiger partial charge < -0.3 is 93.3 Å². The molecule has 25 N–H and O–H groups in total. The Hall–Kier alpha value is -10.7. The highest BCUT2D eigenvalue weighted by molar-refractivity contribution is 6.01. The molecule has 34 nitrogen and oxygen atoms in total. The second kappa shape index (κ2) is 25.5. The molecule has 0 heterocycles. The van der Waals surface area contributed by atoms with E-state index in [1.165, 1.54) is 42.5 Å². The van der Waals surface area contributed by atoms with Crippen molar-refractivity contribution in [2.75, 3.05) is 11.4 Å². The lowest BCUT2D eigenvalue weighted by Crippen LogP contribution is -2.58. The molecule has 6 atom stereocenters. The molecular weight excluding hydrogens is 959 g/mol. The van der Waals surface area contributed by atoms with Crippen LogP contribution >= 0.6 is 0 Å². The number of carbonyl (C=O) groups excluding carboxylic acids is 6. The minimum Gasteiger partial charge on any atom is -0.478 e. The summed E-state index contributed by atoms with van der Waals surface area (Å²) in [4.78, 5) is 130. The normalized spacial score (nSPS) is 13.1. The number of hydrogen-bond donors (Lipinski definition) is 16. The molecule has 3 rings (SSSR count). The Morgan fingerprint density at radius 3 is 1.44 bits per heavy atom. The molecule has 3 aromatic carbocycles. The van der Waals surface area contributed by atoms with Gasteiger partial charge in [0.25, 0.3) is 40.9 Å². The SMILES string of the molecule is NC(=O)C(N=C(N)N)NC(=O)C(N=C(N)N)NC(=O)C(N=C(N)N)NC(=O)C(N=C(N)N)NC(=O)C(NC(=O)C(O)N(C/C=C\c1ccccc1)c1c(C(=O)O)cc([N+](=O)[O-])cc1[N+](=O)[O-])c1ccccc1. The van der Waals surface area contributed by atoms with Gasteiger partial charge in [-0.15, -0.1) is 0 Å². The van der Waals surface area contributed by atoms with Crippen molar-refractivity contribution < 1.29 is 53.6 Å². The van der Waals surface area contributed by atoms with Crippen LogP contribution in [0.1, 0.15) is 27.5 Å². The number of guanidine groups is 4. The van der Waals surface area contributed by atoms with E-state index in [0.29, 0.717) is 22.6 Å². The fourth-order valence-corrected chi connectivity index (χ4v) is 5.89. The third-order valence-corrected chi connectivity index (χ3v) is 8.87. The molecule has 0 aromatic heterocycles. The van der Waals surface area contributed by atoms with Crippen LogP contribution in [0.4, 0.5) is 17.1 Å². The van der Waals surface area contributed by atoms with Crippen LogP contribution in [-0.4, -0.2) is 123 Å². The lowest BCUT2D eigenvalue weighted by atomic mass is 10.1. The van der Waals surface area contributed by atoms with Crippen LogP contribution < -0.4 is 83.1 Å². The van der Waals surface area contributed by atoms with Crippen molar-refractivity contribution >= 4 is 88.4 Å². The number of non-ortho nitro benzene ring substituents is 1. The summed E-state index contributed by atoms with van der Waals surface area (Å²) in [6.07, 6.45) is -8.53. The second-order valence-corrected chi connectivity index (χ2v) is 14.1. The molecule has 0 spiro atoms. The maximum atomic E-state index is 14.2. The van der Waals surface area contributed by atoms with E-state index >= 15 is 0 Å².